The SMILES string of the molecule is CC(CN1C[C@H]2CCC[C@H]2C1)c1ccc(O)c(F)n1. The summed E-state index contributed by atoms with van der Waals surface area (Å²) >= 11 is 0. The van der Waals surface area contributed by atoms with Crippen molar-refractivity contribution >= 4 is 0 Å². The summed E-state index contributed by atoms with van der Waals surface area (Å²) in [7, 11) is 0. The zero-order valence-corrected chi connectivity index (χ0v) is 11.3. The van der Waals surface area contributed by atoms with Crippen LogP contribution in [0.4, 0.5) is 4.39 Å². The van der Waals surface area contributed by atoms with E-state index in [0.29, 0.717) is 0 Å². The molecule has 1 aromatic rings. The van der Waals surface area contributed by atoms with Gasteiger partial charge in [0.05, 0.1) is 0 Å². The summed E-state index contributed by atoms with van der Waals surface area (Å²) in [5.41, 5.74) is 0.729. The monoisotopic (exact) mass is 264 g/mol. The lowest BCUT2D eigenvalue weighted by Gasteiger charge is -2.21. The quantitative estimate of drug-likeness (QED) is 0.853. The van der Waals surface area contributed by atoms with Gasteiger partial charge in [-0.2, -0.15) is 4.39 Å². The maximum atomic E-state index is 13.3. The van der Waals surface area contributed by atoms with E-state index in [0.717, 1.165) is 24.1 Å². The van der Waals surface area contributed by atoms with Gasteiger partial charge in [-0.15, -0.1) is 0 Å². The Labute approximate surface area is 113 Å². The van der Waals surface area contributed by atoms with Crippen molar-refractivity contribution in [3.05, 3.63) is 23.8 Å². The smallest absolute Gasteiger partial charge is 0.255 e. The van der Waals surface area contributed by atoms with Gasteiger partial charge in [-0.3, -0.25) is 0 Å². The Morgan fingerprint density at radius 1 is 1.37 bits per heavy atom. The number of aromatic nitrogens is 1. The molecule has 104 valence electrons. The first-order valence-corrected chi connectivity index (χ1v) is 7.21. The molecular weight excluding hydrogens is 243 g/mol. The van der Waals surface area contributed by atoms with E-state index in [-0.39, 0.29) is 11.7 Å². The number of fused-ring (bicyclic) bond motifs is 1. The zero-order chi connectivity index (χ0) is 13.4. The summed E-state index contributed by atoms with van der Waals surface area (Å²) in [6, 6.07) is 3.12. The first-order chi connectivity index (χ1) is 9.13. The molecule has 0 spiro atoms. The average molecular weight is 264 g/mol. The van der Waals surface area contributed by atoms with Crippen molar-refractivity contribution in [2.45, 2.75) is 32.1 Å². The average Bonchev–Trinajstić information content (AvgIpc) is 2.93. The molecule has 1 unspecified atom stereocenters. The van der Waals surface area contributed by atoms with Gasteiger partial charge in [-0.1, -0.05) is 13.3 Å². The minimum Gasteiger partial charge on any atom is -0.504 e. The summed E-state index contributed by atoms with van der Waals surface area (Å²) in [6.07, 6.45) is 4.15. The molecule has 2 fully saturated rings. The molecule has 0 amide bonds. The first kappa shape index (κ1) is 12.9. The molecule has 0 bridgehead atoms. The van der Waals surface area contributed by atoms with Gasteiger partial charge in [0.25, 0.3) is 5.95 Å². The van der Waals surface area contributed by atoms with Crippen LogP contribution < -0.4 is 0 Å². The van der Waals surface area contributed by atoms with E-state index in [1.54, 1.807) is 6.07 Å². The zero-order valence-electron chi connectivity index (χ0n) is 11.3. The van der Waals surface area contributed by atoms with Crippen LogP contribution in [-0.2, 0) is 0 Å². The number of hydrogen-bond acceptors (Lipinski definition) is 3. The highest BCUT2D eigenvalue weighted by Crippen LogP contribution is 2.38. The number of rotatable bonds is 3. The van der Waals surface area contributed by atoms with E-state index in [9.17, 15) is 9.50 Å². The van der Waals surface area contributed by atoms with Gasteiger partial charge in [0.15, 0.2) is 5.75 Å². The Bertz CT molecular complexity index is 453. The summed E-state index contributed by atoms with van der Waals surface area (Å²) in [5.74, 6) is 0.844. The number of halogens is 1. The molecule has 19 heavy (non-hydrogen) atoms. The lowest BCUT2D eigenvalue weighted by molar-refractivity contribution is 0.293. The van der Waals surface area contributed by atoms with Crippen molar-refractivity contribution in [3.63, 3.8) is 0 Å². The normalized spacial score (nSPS) is 28.5. The van der Waals surface area contributed by atoms with E-state index in [1.165, 1.54) is 38.4 Å². The Morgan fingerprint density at radius 2 is 2.05 bits per heavy atom. The molecule has 3 rings (SSSR count). The van der Waals surface area contributed by atoms with E-state index >= 15 is 0 Å². The topological polar surface area (TPSA) is 36.4 Å². The summed E-state index contributed by atoms with van der Waals surface area (Å²) < 4.78 is 13.3. The maximum absolute atomic E-state index is 13.3. The minimum atomic E-state index is -0.761. The second kappa shape index (κ2) is 5.08. The van der Waals surface area contributed by atoms with Crippen molar-refractivity contribution < 1.29 is 9.50 Å². The lowest BCUT2D eigenvalue weighted by Crippen LogP contribution is -2.26. The molecule has 1 N–H and O–H groups in total. The van der Waals surface area contributed by atoms with Gasteiger partial charge < -0.3 is 10.0 Å². The van der Waals surface area contributed by atoms with Crippen LogP contribution in [0.3, 0.4) is 0 Å². The number of likely N-dealkylation sites (tertiary alicyclic amines) is 1. The van der Waals surface area contributed by atoms with Crippen molar-refractivity contribution in [1.29, 1.82) is 0 Å². The largest absolute Gasteiger partial charge is 0.504 e. The highest BCUT2D eigenvalue weighted by atomic mass is 19.1. The van der Waals surface area contributed by atoms with Crippen molar-refractivity contribution in [2.75, 3.05) is 19.6 Å². The molecule has 1 saturated heterocycles. The van der Waals surface area contributed by atoms with Gasteiger partial charge >= 0.3 is 0 Å². The van der Waals surface area contributed by atoms with Gasteiger partial charge in [-0.05, 0) is 36.8 Å². The second-order valence-electron chi connectivity index (χ2n) is 6.12. The molecule has 2 aliphatic rings. The van der Waals surface area contributed by atoms with Crippen LogP contribution in [0, 0.1) is 17.8 Å². The molecule has 1 aromatic heterocycles. The Kier molecular flexibility index (Phi) is 3.44. The molecular formula is C15H21FN2O. The van der Waals surface area contributed by atoms with Crippen LogP contribution in [0.2, 0.25) is 0 Å². The Balaban J connectivity index is 1.62. The number of aromatic hydroxyl groups is 1. The molecule has 1 aliphatic heterocycles. The van der Waals surface area contributed by atoms with E-state index in [4.69, 9.17) is 0 Å². The molecule has 0 radical (unpaired) electrons. The van der Waals surface area contributed by atoms with Crippen molar-refractivity contribution in [2.24, 2.45) is 11.8 Å². The van der Waals surface area contributed by atoms with E-state index in [2.05, 4.69) is 16.8 Å². The van der Waals surface area contributed by atoms with Crippen LogP contribution in [0.15, 0.2) is 12.1 Å². The van der Waals surface area contributed by atoms with E-state index in [1.807, 2.05) is 0 Å². The van der Waals surface area contributed by atoms with Gasteiger partial charge in [0, 0.05) is 31.2 Å². The highest BCUT2D eigenvalue weighted by Gasteiger charge is 2.36. The molecule has 4 heteroatoms. The predicted octanol–water partition coefficient (Wildman–Crippen LogP) is 2.76. The fourth-order valence-corrected chi connectivity index (χ4v) is 3.68. The number of pyridine rings is 1. The summed E-state index contributed by atoms with van der Waals surface area (Å²) in [5, 5.41) is 9.17. The molecule has 0 aromatic carbocycles. The van der Waals surface area contributed by atoms with Crippen LogP contribution in [0.5, 0.6) is 5.75 Å². The van der Waals surface area contributed by atoms with Gasteiger partial charge in [0.1, 0.15) is 0 Å². The third-order valence-electron chi connectivity index (χ3n) is 4.69. The minimum absolute atomic E-state index is 0.203. The van der Waals surface area contributed by atoms with Gasteiger partial charge in [0.2, 0.25) is 0 Å². The first-order valence-electron chi connectivity index (χ1n) is 7.21. The van der Waals surface area contributed by atoms with Gasteiger partial charge in [-0.25, -0.2) is 4.98 Å². The molecule has 3 atom stereocenters. The molecule has 1 aliphatic carbocycles. The van der Waals surface area contributed by atoms with Crippen molar-refractivity contribution in [1.82, 2.24) is 9.88 Å². The van der Waals surface area contributed by atoms with Crippen LogP contribution in [0.1, 0.15) is 37.8 Å². The third kappa shape index (κ3) is 2.59. The summed E-state index contributed by atoms with van der Waals surface area (Å²) in [4.78, 5) is 6.34. The molecule has 3 nitrogen and oxygen atoms in total. The lowest BCUT2D eigenvalue weighted by atomic mass is 10.0. The predicted molar refractivity (Wildman–Crippen MR) is 71.5 cm³/mol. The Hall–Kier alpha value is -1.16. The Morgan fingerprint density at radius 3 is 2.68 bits per heavy atom. The molecule has 2 heterocycles. The summed E-state index contributed by atoms with van der Waals surface area (Å²) in [6.45, 7) is 5.39. The maximum Gasteiger partial charge on any atom is 0.255 e. The number of hydrogen-bond donors (Lipinski definition) is 1. The van der Waals surface area contributed by atoms with Crippen LogP contribution >= 0.6 is 0 Å². The van der Waals surface area contributed by atoms with Crippen LogP contribution in [-0.4, -0.2) is 34.6 Å². The fourth-order valence-electron chi connectivity index (χ4n) is 3.68. The third-order valence-corrected chi connectivity index (χ3v) is 4.69. The molecule has 1 saturated carbocycles. The van der Waals surface area contributed by atoms with E-state index < -0.39 is 5.95 Å². The standard InChI is InChI=1S/C15H21FN2O/c1-10(13-5-6-14(19)15(16)17-13)7-18-8-11-3-2-4-12(11)9-18/h5-6,10-12,19H,2-4,7-9H2,1H3/t10?,11-,12+. The highest BCUT2D eigenvalue weighted by molar-refractivity contribution is 5.21. The van der Waals surface area contributed by atoms with Crippen molar-refractivity contribution in [3.8, 4) is 5.75 Å². The fraction of sp³-hybridized carbons (Fsp3) is 0.667. The van der Waals surface area contributed by atoms with Crippen LogP contribution in [0.25, 0.3) is 0 Å². The number of nitrogens with zero attached hydrogens (tertiary/aromatic N) is 2. The second-order valence-corrected chi connectivity index (χ2v) is 6.12.